The lowest BCUT2D eigenvalue weighted by Crippen LogP contribution is -2.54. The maximum Gasteiger partial charge on any atom is 0.0223 e. The van der Waals surface area contributed by atoms with Gasteiger partial charge in [0.05, 0.1) is 0 Å². The van der Waals surface area contributed by atoms with Crippen LogP contribution in [0.25, 0.3) is 0 Å². The molecule has 0 spiro atoms. The van der Waals surface area contributed by atoms with Crippen LogP contribution in [0.1, 0.15) is 57.8 Å². The van der Waals surface area contributed by atoms with Crippen molar-refractivity contribution < 1.29 is 0 Å². The van der Waals surface area contributed by atoms with Gasteiger partial charge in [0.15, 0.2) is 0 Å². The summed E-state index contributed by atoms with van der Waals surface area (Å²) in [4.78, 5) is 5.52. The molecule has 2 saturated heterocycles. The van der Waals surface area contributed by atoms with Gasteiger partial charge in [0.2, 0.25) is 0 Å². The fourth-order valence-corrected chi connectivity index (χ4v) is 4.26. The second-order valence-electron chi connectivity index (χ2n) is 6.78. The van der Waals surface area contributed by atoms with Crippen LogP contribution in [-0.2, 0) is 0 Å². The summed E-state index contributed by atoms with van der Waals surface area (Å²) >= 11 is 0. The molecule has 0 aromatic rings. The predicted octanol–water partition coefficient (Wildman–Crippen LogP) is 3.13. The van der Waals surface area contributed by atoms with Crippen LogP contribution in [0.4, 0.5) is 0 Å². The minimum absolute atomic E-state index is 0.902. The molecule has 0 radical (unpaired) electrons. The second kappa shape index (κ2) is 6.38. The molecule has 3 rings (SSSR count). The number of piperazine rings is 1. The van der Waals surface area contributed by atoms with E-state index >= 15 is 0 Å². The van der Waals surface area contributed by atoms with E-state index in [-0.39, 0.29) is 0 Å². The van der Waals surface area contributed by atoms with E-state index in [9.17, 15) is 0 Å². The molecule has 0 aromatic carbocycles. The van der Waals surface area contributed by atoms with Crippen molar-refractivity contribution in [1.82, 2.24) is 9.80 Å². The average molecular weight is 250 g/mol. The summed E-state index contributed by atoms with van der Waals surface area (Å²) in [6, 6.07) is 0.902. The van der Waals surface area contributed by atoms with E-state index < -0.39 is 0 Å². The highest BCUT2D eigenvalue weighted by molar-refractivity contribution is 4.85. The number of piperidine rings is 1. The van der Waals surface area contributed by atoms with Gasteiger partial charge >= 0.3 is 0 Å². The molecule has 0 aromatic heterocycles. The Balaban J connectivity index is 1.40. The molecule has 2 heterocycles. The van der Waals surface area contributed by atoms with Crippen LogP contribution in [0, 0.1) is 5.92 Å². The van der Waals surface area contributed by atoms with Gasteiger partial charge in [0.1, 0.15) is 0 Å². The van der Waals surface area contributed by atoms with E-state index in [1.54, 1.807) is 0 Å². The van der Waals surface area contributed by atoms with Crippen molar-refractivity contribution in [2.45, 2.75) is 63.8 Å². The Morgan fingerprint density at radius 1 is 0.778 bits per heavy atom. The minimum Gasteiger partial charge on any atom is -0.301 e. The largest absolute Gasteiger partial charge is 0.301 e. The zero-order valence-electron chi connectivity index (χ0n) is 11.9. The smallest absolute Gasteiger partial charge is 0.0223 e. The number of rotatable bonds is 3. The molecule has 1 atom stereocenters. The minimum atomic E-state index is 0.902. The first kappa shape index (κ1) is 12.9. The van der Waals surface area contributed by atoms with E-state index in [0.717, 1.165) is 12.0 Å². The molecule has 0 bridgehead atoms. The molecule has 1 saturated carbocycles. The summed E-state index contributed by atoms with van der Waals surface area (Å²) < 4.78 is 0. The van der Waals surface area contributed by atoms with Crippen LogP contribution in [0.2, 0.25) is 0 Å². The Morgan fingerprint density at radius 3 is 2.50 bits per heavy atom. The highest BCUT2D eigenvalue weighted by Gasteiger charge is 2.28. The molecule has 1 aliphatic carbocycles. The molecule has 1 unspecified atom stereocenters. The van der Waals surface area contributed by atoms with E-state index in [0.29, 0.717) is 0 Å². The van der Waals surface area contributed by atoms with Gasteiger partial charge < -0.3 is 4.90 Å². The second-order valence-corrected chi connectivity index (χ2v) is 6.78. The lowest BCUT2D eigenvalue weighted by Gasteiger charge is -2.44. The van der Waals surface area contributed by atoms with Crippen molar-refractivity contribution >= 4 is 0 Å². The van der Waals surface area contributed by atoms with Gasteiger partial charge in [-0.25, -0.2) is 0 Å². The van der Waals surface area contributed by atoms with E-state index in [1.165, 1.54) is 90.5 Å². The molecule has 0 N–H and O–H groups in total. The van der Waals surface area contributed by atoms with Gasteiger partial charge in [-0.15, -0.1) is 0 Å². The van der Waals surface area contributed by atoms with Crippen molar-refractivity contribution in [3.63, 3.8) is 0 Å². The number of hydrogen-bond acceptors (Lipinski definition) is 2. The monoisotopic (exact) mass is 250 g/mol. The summed E-state index contributed by atoms with van der Waals surface area (Å²) in [5.41, 5.74) is 0. The molecule has 3 aliphatic rings. The van der Waals surface area contributed by atoms with Crippen LogP contribution in [0.3, 0.4) is 0 Å². The van der Waals surface area contributed by atoms with E-state index in [1.807, 2.05) is 0 Å². The highest BCUT2D eigenvalue weighted by Crippen LogP contribution is 2.27. The van der Waals surface area contributed by atoms with E-state index in [4.69, 9.17) is 0 Å². The molecular weight excluding hydrogens is 220 g/mol. The van der Waals surface area contributed by atoms with Crippen molar-refractivity contribution in [2.75, 3.05) is 32.7 Å². The summed E-state index contributed by atoms with van der Waals surface area (Å²) in [6.07, 6.45) is 13.4. The standard InChI is InChI=1S/C16H30N2/c1-2-6-15(7-3-1)9-11-17-12-13-18-10-5-4-8-16(18)14-17/h15-16H,1-14H2. The zero-order chi connectivity index (χ0) is 12.2. The van der Waals surface area contributed by atoms with Crippen LogP contribution >= 0.6 is 0 Å². The fourth-order valence-electron chi connectivity index (χ4n) is 4.26. The van der Waals surface area contributed by atoms with Gasteiger partial charge in [-0.3, -0.25) is 4.90 Å². The zero-order valence-corrected chi connectivity index (χ0v) is 11.9. The Kier molecular flexibility index (Phi) is 4.58. The molecule has 2 aliphatic heterocycles. The first-order chi connectivity index (χ1) is 8.92. The number of fused-ring (bicyclic) bond motifs is 1. The lowest BCUT2D eigenvalue weighted by molar-refractivity contribution is 0.0458. The number of nitrogens with zero attached hydrogens (tertiary/aromatic N) is 2. The average Bonchev–Trinajstić information content (AvgIpc) is 2.46. The maximum atomic E-state index is 2.76. The molecule has 104 valence electrons. The molecule has 0 amide bonds. The Labute approximate surface area is 113 Å². The third-order valence-corrected chi connectivity index (χ3v) is 5.50. The quantitative estimate of drug-likeness (QED) is 0.759. The highest BCUT2D eigenvalue weighted by atomic mass is 15.3. The summed E-state index contributed by atoms with van der Waals surface area (Å²) in [5, 5.41) is 0. The topological polar surface area (TPSA) is 6.48 Å². The van der Waals surface area contributed by atoms with Crippen molar-refractivity contribution in [3.05, 3.63) is 0 Å². The lowest BCUT2D eigenvalue weighted by atomic mass is 9.87. The number of hydrogen-bond donors (Lipinski definition) is 0. The first-order valence-electron chi connectivity index (χ1n) is 8.38. The molecular formula is C16H30N2. The Morgan fingerprint density at radius 2 is 1.61 bits per heavy atom. The van der Waals surface area contributed by atoms with Crippen molar-refractivity contribution in [3.8, 4) is 0 Å². The fraction of sp³-hybridized carbons (Fsp3) is 1.00. The van der Waals surface area contributed by atoms with E-state index in [2.05, 4.69) is 9.80 Å². The van der Waals surface area contributed by atoms with Crippen LogP contribution in [0.15, 0.2) is 0 Å². The van der Waals surface area contributed by atoms with Crippen LogP contribution < -0.4 is 0 Å². The summed E-state index contributed by atoms with van der Waals surface area (Å²) in [7, 11) is 0. The first-order valence-corrected chi connectivity index (χ1v) is 8.38. The third kappa shape index (κ3) is 3.27. The third-order valence-electron chi connectivity index (χ3n) is 5.50. The van der Waals surface area contributed by atoms with Crippen molar-refractivity contribution in [1.29, 1.82) is 0 Å². The Hall–Kier alpha value is -0.0800. The van der Waals surface area contributed by atoms with Gasteiger partial charge in [-0.05, 0) is 38.3 Å². The molecule has 2 heteroatoms. The van der Waals surface area contributed by atoms with Gasteiger partial charge in [-0.1, -0.05) is 38.5 Å². The summed E-state index contributed by atoms with van der Waals surface area (Å²) in [6.45, 7) is 6.81. The predicted molar refractivity (Wildman–Crippen MR) is 76.8 cm³/mol. The summed E-state index contributed by atoms with van der Waals surface area (Å²) in [5.74, 6) is 1.06. The van der Waals surface area contributed by atoms with Crippen LogP contribution in [0.5, 0.6) is 0 Å². The van der Waals surface area contributed by atoms with Gasteiger partial charge in [-0.2, -0.15) is 0 Å². The van der Waals surface area contributed by atoms with Crippen molar-refractivity contribution in [2.24, 2.45) is 5.92 Å². The molecule has 3 fully saturated rings. The van der Waals surface area contributed by atoms with Gasteiger partial charge in [0, 0.05) is 25.7 Å². The molecule has 2 nitrogen and oxygen atoms in total. The molecule has 18 heavy (non-hydrogen) atoms. The SMILES string of the molecule is C1CCC(CCN2CCN3CCCCC3C2)CC1. The maximum absolute atomic E-state index is 2.76. The van der Waals surface area contributed by atoms with Crippen LogP contribution in [-0.4, -0.2) is 48.6 Å². The normalized spacial score (nSPS) is 32.3. The Bertz CT molecular complexity index is 247. The van der Waals surface area contributed by atoms with Gasteiger partial charge in [0.25, 0.3) is 0 Å².